The average molecular weight is 351 g/mol. The number of hydrogen-bond donors (Lipinski definition) is 1. The van der Waals surface area contributed by atoms with Crippen LogP contribution in [-0.2, 0) is 19.5 Å². The van der Waals surface area contributed by atoms with Crippen molar-refractivity contribution in [1.29, 1.82) is 0 Å². The van der Waals surface area contributed by atoms with Crippen LogP contribution in [0.2, 0.25) is 0 Å². The van der Waals surface area contributed by atoms with E-state index in [0.717, 1.165) is 23.4 Å². The van der Waals surface area contributed by atoms with Crippen LogP contribution in [0.15, 0.2) is 41.5 Å². The lowest BCUT2D eigenvalue weighted by Crippen LogP contribution is -2.35. The third-order valence-electron chi connectivity index (χ3n) is 4.64. The fraction of sp³-hybridized carbons (Fsp3) is 0.263. The first-order chi connectivity index (χ1) is 12.6. The van der Waals surface area contributed by atoms with E-state index < -0.39 is 5.95 Å². The van der Waals surface area contributed by atoms with Crippen molar-refractivity contribution in [2.45, 2.75) is 26.4 Å². The van der Waals surface area contributed by atoms with Crippen molar-refractivity contribution < 1.29 is 4.39 Å². The Hall–Kier alpha value is -2.93. The molecule has 0 unspecified atom stereocenters. The maximum absolute atomic E-state index is 13.2. The molecule has 1 aliphatic rings. The van der Waals surface area contributed by atoms with E-state index in [0.29, 0.717) is 36.6 Å². The Morgan fingerprint density at radius 3 is 2.92 bits per heavy atom. The Bertz CT molecular complexity index is 1000. The van der Waals surface area contributed by atoms with Gasteiger partial charge in [0, 0.05) is 49.7 Å². The van der Waals surface area contributed by atoms with Crippen LogP contribution in [0.1, 0.15) is 22.5 Å². The van der Waals surface area contributed by atoms with Crippen LogP contribution >= 0.6 is 0 Å². The van der Waals surface area contributed by atoms with Crippen LogP contribution in [0, 0.1) is 12.9 Å². The lowest BCUT2D eigenvalue weighted by Gasteiger charge is -2.28. The summed E-state index contributed by atoms with van der Waals surface area (Å²) in [5, 5.41) is 0. The number of pyridine rings is 2. The van der Waals surface area contributed by atoms with Gasteiger partial charge in [-0.2, -0.15) is 4.39 Å². The Labute approximate surface area is 149 Å². The predicted molar refractivity (Wildman–Crippen MR) is 94.8 cm³/mol. The monoisotopic (exact) mass is 351 g/mol. The standard InChI is InChI=1S/C19H18FN5O/c1-12-14(4-5-17(20)22-12)10-25-8-6-16-15(11-25)19(26)24-18(23-16)13-3-2-7-21-9-13/h2-5,7,9H,6,8,10-11H2,1H3,(H,23,24,26). The van der Waals surface area contributed by atoms with Gasteiger partial charge in [0.15, 0.2) is 0 Å². The Morgan fingerprint density at radius 1 is 1.27 bits per heavy atom. The van der Waals surface area contributed by atoms with Gasteiger partial charge in [-0.25, -0.2) is 9.97 Å². The first-order valence-corrected chi connectivity index (χ1v) is 8.47. The molecule has 0 radical (unpaired) electrons. The summed E-state index contributed by atoms with van der Waals surface area (Å²) in [4.78, 5) is 30.2. The number of rotatable bonds is 3. The van der Waals surface area contributed by atoms with Gasteiger partial charge >= 0.3 is 0 Å². The van der Waals surface area contributed by atoms with Crippen LogP contribution in [0.3, 0.4) is 0 Å². The molecule has 0 spiro atoms. The summed E-state index contributed by atoms with van der Waals surface area (Å²) in [5.41, 5.74) is 3.84. The quantitative estimate of drug-likeness (QED) is 0.733. The van der Waals surface area contributed by atoms with E-state index in [1.165, 1.54) is 6.07 Å². The number of halogens is 1. The summed E-state index contributed by atoms with van der Waals surface area (Å²) in [6, 6.07) is 6.81. The fourth-order valence-corrected chi connectivity index (χ4v) is 3.22. The van der Waals surface area contributed by atoms with Crippen molar-refractivity contribution in [1.82, 2.24) is 24.8 Å². The van der Waals surface area contributed by atoms with Gasteiger partial charge in [-0.1, -0.05) is 6.07 Å². The largest absolute Gasteiger partial charge is 0.306 e. The molecule has 0 fully saturated rings. The van der Waals surface area contributed by atoms with Crippen LogP contribution in [0.5, 0.6) is 0 Å². The number of aryl methyl sites for hydroxylation is 1. The molecular weight excluding hydrogens is 333 g/mol. The molecule has 0 saturated carbocycles. The van der Waals surface area contributed by atoms with Crippen LogP contribution in [0.25, 0.3) is 11.4 Å². The molecule has 7 heteroatoms. The van der Waals surface area contributed by atoms with Crippen molar-refractivity contribution in [2.75, 3.05) is 6.54 Å². The molecular formula is C19H18FN5O. The third-order valence-corrected chi connectivity index (χ3v) is 4.64. The maximum atomic E-state index is 13.2. The van der Waals surface area contributed by atoms with Gasteiger partial charge in [0.25, 0.3) is 5.56 Å². The molecule has 1 N–H and O–H groups in total. The number of nitrogens with zero attached hydrogens (tertiary/aromatic N) is 4. The number of H-pyrrole nitrogens is 1. The lowest BCUT2D eigenvalue weighted by molar-refractivity contribution is 0.241. The molecule has 1 aliphatic heterocycles. The number of aromatic nitrogens is 4. The maximum Gasteiger partial charge on any atom is 0.255 e. The molecule has 0 amide bonds. The summed E-state index contributed by atoms with van der Waals surface area (Å²) in [6.07, 6.45) is 4.06. The van der Waals surface area contributed by atoms with Crippen LogP contribution in [0.4, 0.5) is 4.39 Å². The number of nitrogens with one attached hydrogen (secondary N) is 1. The molecule has 0 atom stereocenters. The average Bonchev–Trinajstić information content (AvgIpc) is 2.65. The molecule has 3 aromatic rings. The summed E-state index contributed by atoms with van der Waals surface area (Å²) < 4.78 is 13.2. The second-order valence-electron chi connectivity index (χ2n) is 6.42. The van der Waals surface area contributed by atoms with Gasteiger partial charge < -0.3 is 4.98 Å². The highest BCUT2D eigenvalue weighted by molar-refractivity contribution is 5.53. The van der Waals surface area contributed by atoms with E-state index >= 15 is 0 Å². The zero-order valence-electron chi connectivity index (χ0n) is 14.4. The van der Waals surface area contributed by atoms with Gasteiger partial charge in [-0.05, 0) is 30.7 Å². The summed E-state index contributed by atoms with van der Waals surface area (Å²) in [6.45, 7) is 3.72. The second-order valence-corrected chi connectivity index (χ2v) is 6.42. The highest BCUT2D eigenvalue weighted by Crippen LogP contribution is 2.20. The van der Waals surface area contributed by atoms with E-state index in [1.54, 1.807) is 25.4 Å². The number of fused-ring (bicyclic) bond motifs is 1. The van der Waals surface area contributed by atoms with E-state index in [4.69, 9.17) is 0 Å². The lowest BCUT2D eigenvalue weighted by atomic mass is 10.1. The molecule has 4 heterocycles. The minimum Gasteiger partial charge on any atom is -0.306 e. The zero-order valence-corrected chi connectivity index (χ0v) is 14.4. The van der Waals surface area contributed by atoms with E-state index in [2.05, 4.69) is 24.8 Å². The molecule has 0 aromatic carbocycles. The first kappa shape index (κ1) is 16.5. The van der Waals surface area contributed by atoms with E-state index in [-0.39, 0.29) is 5.56 Å². The van der Waals surface area contributed by atoms with Crippen molar-refractivity contribution in [2.24, 2.45) is 0 Å². The molecule has 6 nitrogen and oxygen atoms in total. The predicted octanol–water partition coefficient (Wildman–Crippen LogP) is 2.23. The van der Waals surface area contributed by atoms with Crippen LogP contribution < -0.4 is 5.56 Å². The summed E-state index contributed by atoms with van der Waals surface area (Å²) in [7, 11) is 0. The minimum absolute atomic E-state index is 0.118. The fourth-order valence-electron chi connectivity index (χ4n) is 3.22. The highest BCUT2D eigenvalue weighted by atomic mass is 19.1. The highest BCUT2D eigenvalue weighted by Gasteiger charge is 2.22. The molecule has 0 saturated heterocycles. The number of hydrogen-bond acceptors (Lipinski definition) is 5. The summed E-state index contributed by atoms with van der Waals surface area (Å²) in [5.74, 6) is 0.0766. The van der Waals surface area contributed by atoms with Gasteiger partial charge in [-0.3, -0.25) is 14.7 Å². The van der Waals surface area contributed by atoms with Crippen LogP contribution in [-0.4, -0.2) is 31.4 Å². The first-order valence-electron chi connectivity index (χ1n) is 8.47. The molecule has 132 valence electrons. The Kier molecular flexibility index (Phi) is 4.30. The van der Waals surface area contributed by atoms with E-state index in [9.17, 15) is 9.18 Å². The molecule has 3 aromatic heterocycles. The van der Waals surface area contributed by atoms with Gasteiger partial charge in [0.2, 0.25) is 5.95 Å². The normalized spacial score (nSPS) is 14.2. The van der Waals surface area contributed by atoms with Crippen molar-refractivity contribution >= 4 is 0 Å². The number of aromatic amines is 1. The zero-order chi connectivity index (χ0) is 18.1. The van der Waals surface area contributed by atoms with Crippen molar-refractivity contribution in [3.63, 3.8) is 0 Å². The SMILES string of the molecule is Cc1nc(F)ccc1CN1CCc2nc(-c3cccnc3)[nH]c(=O)c2C1. The molecule has 26 heavy (non-hydrogen) atoms. The van der Waals surface area contributed by atoms with Gasteiger partial charge in [0.05, 0.1) is 11.3 Å². The van der Waals surface area contributed by atoms with Crippen molar-refractivity contribution in [3.05, 3.63) is 75.5 Å². The second kappa shape index (κ2) is 6.76. The smallest absolute Gasteiger partial charge is 0.255 e. The van der Waals surface area contributed by atoms with Gasteiger partial charge in [0.1, 0.15) is 5.82 Å². The minimum atomic E-state index is -0.473. The van der Waals surface area contributed by atoms with E-state index in [1.807, 2.05) is 12.1 Å². The molecule has 0 aliphatic carbocycles. The Balaban J connectivity index is 1.58. The topological polar surface area (TPSA) is 74.8 Å². The summed E-state index contributed by atoms with van der Waals surface area (Å²) >= 11 is 0. The van der Waals surface area contributed by atoms with Crippen molar-refractivity contribution in [3.8, 4) is 11.4 Å². The third kappa shape index (κ3) is 3.25. The van der Waals surface area contributed by atoms with Gasteiger partial charge in [-0.15, -0.1) is 0 Å². The molecule has 4 rings (SSSR count). The molecule has 0 bridgehead atoms. The Morgan fingerprint density at radius 2 is 2.15 bits per heavy atom.